The standard InChI is InChI=1S/C14H11ClN2/c15-10-5-6-12-11(8-10)13-2-1-7-17(13)14(16-12)9-3-4-9/h1-2,5-8,16H,3-4H2. The van der Waals surface area contributed by atoms with Gasteiger partial charge in [-0.05, 0) is 48.7 Å². The minimum absolute atomic E-state index is 0.779. The molecular formula is C14H11ClN2. The number of rotatable bonds is 0. The van der Waals surface area contributed by atoms with Gasteiger partial charge in [-0.3, -0.25) is 0 Å². The van der Waals surface area contributed by atoms with Crippen LogP contribution in [0.3, 0.4) is 0 Å². The monoisotopic (exact) mass is 242 g/mol. The van der Waals surface area contributed by atoms with Gasteiger partial charge in [-0.2, -0.15) is 0 Å². The van der Waals surface area contributed by atoms with Gasteiger partial charge in [0.05, 0.1) is 5.69 Å². The van der Waals surface area contributed by atoms with E-state index >= 15 is 0 Å². The highest BCUT2D eigenvalue weighted by Crippen LogP contribution is 2.42. The SMILES string of the molecule is Clc1ccc2c(c1)-c1cccn1C(=C1CC1)N2. The van der Waals surface area contributed by atoms with E-state index in [-0.39, 0.29) is 0 Å². The molecule has 2 heterocycles. The average molecular weight is 243 g/mol. The third kappa shape index (κ3) is 1.34. The predicted octanol–water partition coefficient (Wildman–Crippen LogP) is 4.20. The van der Waals surface area contributed by atoms with Crippen LogP contribution in [0.2, 0.25) is 5.02 Å². The van der Waals surface area contributed by atoms with Crippen LogP contribution in [0.15, 0.2) is 42.1 Å². The lowest BCUT2D eigenvalue weighted by Gasteiger charge is -2.24. The molecule has 17 heavy (non-hydrogen) atoms. The highest BCUT2D eigenvalue weighted by atomic mass is 35.5. The molecule has 1 aliphatic carbocycles. The number of halogens is 1. The third-order valence-corrected chi connectivity index (χ3v) is 3.57. The average Bonchev–Trinajstić information content (AvgIpc) is 3.05. The molecule has 1 fully saturated rings. The van der Waals surface area contributed by atoms with E-state index in [2.05, 4.69) is 34.3 Å². The minimum Gasteiger partial charge on any atom is -0.341 e. The second-order valence-electron chi connectivity index (χ2n) is 4.53. The van der Waals surface area contributed by atoms with Crippen LogP contribution >= 0.6 is 11.6 Å². The Kier molecular flexibility index (Phi) is 1.75. The normalized spacial score (nSPS) is 16.3. The quantitative estimate of drug-likeness (QED) is 0.733. The smallest absolute Gasteiger partial charge is 0.114 e. The summed E-state index contributed by atoms with van der Waals surface area (Å²) in [7, 11) is 0. The number of hydrogen-bond acceptors (Lipinski definition) is 1. The zero-order valence-corrected chi connectivity index (χ0v) is 9.96. The van der Waals surface area contributed by atoms with Gasteiger partial charge in [-0.15, -0.1) is 0 Å². The Hall–Kier alpha value is -1.67. The maximum atomic E-state index is 6.07. The van der Waals surface area contributed by atoms with Gasteiger partial charge in [0.15, 0.2) is 0 Å². The zero-order valence-electron chi connectivity index (χ0n) is 9.20. The highest BCUT2D eigenvalue weighted by Gasteiger charge is 2.25. The third-order valence-electron chi connectivity index (χ3n) is 3.34. The van der Waals surface area contributed by atoms with Crippen molar-refractivity contribution in [3.05, 3.63) is 47.1 Å². The van der Waals surface area contributed by atoms with Crippen molar-refractivity contribution in [2.24, 2.45) is 0 Å². The van der Waals surface area contributed by atoms with Gasteiger partial charge in [0.2, 0.25) is 0 Å². The van der Waals surface area contributed by atoms with Gasteiger partial charge in [0.1, 0.15) is 5.82 Å². The molecule has 1 N–H and O–H groups in total. The fourth-order valence-electron chi connectivity index (χ4n) is 2.38. The summed E-state index contributed by atoms with van der Waals surface area (Å²) in [6.07, 6.45) is 4.53. The first kappa shape index (κ1) is 9.37. The van der Waals surface area contributed by atoms with E-state index in [0.717, 1.165) is 10.7 Å². The van der Waals surface area contributed by atoms with Crippen molar-refractivity contribution in [2.75, 3.05) is 5.32 Å². The van der Waals surface area contributed by atoms with E-state index in [4.69, 9.17) is 11.6 Å². The van der Waals surface area contributed by atoms with Crippen LogP contribution in [0.25, 0.3) is 17.1 Å². The van der Waals surface area contributed by atoms with E-state index in [1.165, 1.54) is 35.5 Å². The first-order chi connectivity index (χ1) is 8.33. The molecule has 2 aromatic rings. The summed E-state index contributed by atoms with van der Waals surface area (Å²) in [5.74, 6) is 1.24. The van der Waals surface area contributed by atoms with Gasteiger partial charge in [0, 0.05) is 22.5 Å². The van der Waals surface area contributed by atoms with Crippen LogP contribution in [0, 0.1) is 0 Å². The molecule has 84 valence electrons. The number of nitrogens with one attached hydrogen (secondary N) is 1. The molecule has 2 nitrogen and oxygen atoms in total. The number of fused-ring (bicyclic) bond motifs is 3. The minimum atomic E-state index is 0.779. The Balaban J connectivity index is 2.02. The van der Waals surface area contributed by atoms with E-state index in [9.17, 15) is 0 Å². The number of nitrogens with zero attached hydrogens (tertiary/aromatic N) is 1. The summed E-state index contributed by atoms with van der Waals surface area (Å²) in [6.45, 7) is 0. The van der Waals surface area contributed by atoms with Crippen LogP contribution in [0.1, 0.15) is 12.8 Å². The van der Waals surface area contributed by atoms with E-state index in [0.29, 0.717) is 0 Å². The number of aromatic nitrogens is 1. The van der Waals surface area contributed by atoms with Crippen LogP contribution in [0.4, 0.5) is 5.69 Å². The van der Waals surface area contributed by atoms with Gasteiger partial charge in [-0.25, -0.2) is 0 Å². The molecule has 1 saturated carbocycles. The lowest BCUT2D eigenvalue weighted by Crippen LogP contribution is -2.13. The first-order valence-corrected chi connectivity index (χ1v) is 6.17. The second kappa shape index (κ2) is 3.17. The Bertz CT molecular complexity index is 646. The van der Waals surface area contributed by atoms with Crippen molar-refractivity contribution in [3.8, 4) is 11.3 Å². The molecule has 3 heteroatoms. The zero-order chi connectivity index (χ0) is 11.4. The summed E-state index contributed by atoms with van der Waals surface area (Å²) in [6, 6.07) is 10.2. The molecule has 1 aliphatic heterocycles. The van der Waals surface area contributed by atoms with Crippen molar-refractivity contribution in [3.63, 3.8) is 0 Å². The Labute approximate surface area is 105 Å². The lowest BCUT2D eigenvalue weighted by molar-refractivity contribution is 1.08. The molecule has 0 radical (unpaired) electrons. The summed E-state index contributed by atoms with van der Waals surface area (Å²) in [4.78, 5) is 0. The van der Waals surface area contributed by atoms with Crippen LogP contribution in [-0.4, -0.2) is 4.57 Å². The highest BCUT2D eigenvalue weighted by molar-refractivity contribution is 6.31. The topological polar surface area (TPSA) is 17.0 Å². The van der Waals surface area contributed by atoms with Crippen molar-refractivity contribution in [1.29, 1.82) is 0 Å². The fraction of sp³-hybridized carbons (Fsp3) is 0.143. The van der Waals surface area contributed by atoms with Gasteiger partial charge in [-0.1, -0.05) is 11.6 Å². The lowest BCUT2D eigenvalue weighted by atomic mass is 10.1. The number of benzene rings is 1. The molecule has 0 unspecified atom stereocenters. The number of hydrogen-bond donors (Lipinski definition) is 1. The maximum Gasteiger partial charge on any atom is 0.114 e. The number of anilines is 1. The van der Waals surface area contributed by atoms with Crippen molar-refractivity contribution in [2.45, 2.75) is 12.8 Å². The number of allylic oxidation sites excluding steroid dienone is 1. The van der Waals surface area contributed by atoms with E-state index in [1.807, 2.05) is 12.1 Å². The summed E-state index contributed by atoms with van der Waals surface area (Å²) in [5, 5.41) is 4.29. The maximum absolute atomic E-state index is 6.07. The molecule has 2 aliphatic rings. The molecule has 0 saturated heterocycles. The molecular weight excluding hydrogens is 232 g/mol. The largest absolute Gasteiger partial charge is 0.341 e. The van der Waals surface area contributed by atoms with Gasteiger partial charge >= 0.3 is 0 Å². The Morgan fingerprint density at radius 3 is 2.88 bits per heavy atom. The molecule has 0 bridgehead atoms. The fourth-order valence-corrected chi connectivity index (χ4v) is 2.55. The van der Waals surface area contributed by atoms with Gasteiger partial charge < -0.3 is 9.88 Å². The van der Waals surface area contributed by atoms with E-state index < -0.39 is 0 Å². The van der Waals surface area contributed by atoms with E-state index in [1.54, 1.807) is 0 Å². The van der Waals surface area contributed by atoms with Crippen molar-refractivity contribution < 1.29 is 0 Å². The van der Waals surface area contributed by atoms with Gasteiger partial charge in [0.25, 0.3) is 0 Å². The molecule has 4 rings (SSSR count). The Morgan fingerprint density at radius 1 is 1.18 bits per heavy atom. The van der Waals surface area contributed by atoms with Crippen molar-refractivity contribution in [1.82, 2.24) is 4.57 Å². The second-order valence-corrected chi connectivity index (χ2v) is 4.97. The van der Waals surface area contributed by atoms with Crippen LogP contribution in [0.5, 0.6) is 0 Å². The predicted molar refractivity (Wildman–Crippen MR) is 71.0 cm³/mol. The van der Waals surface area contributed by atoms with Crippen molar-refractivity contribution >= 4 is 23.1 Å². The van der Waals surface area contributed by atoms with Crippen LogP contribution < -0.4 is 5.32 Å². The van der Waals surface area contributed by atoms with Crippen LogP contribution in [-0.2, 0) is 0 Å². The molecule has 0 amide bonds. The Morgan fingerprint density at radius 2 is 2.06 bits per heavy atom. The summed E-state index contributed by atoms with van der Waals surface area (Å²) >= 11 is 6.07. The molecule has 0 spiro atoms. The molecule has 1 aromatic carbocycles. The molecule has 1 aromatic heterocycles. The first-order valence-electron chi connectivity index (χ1n) is 5.79. The summed E-state index contributed by atoms with van der Waals surface area (Å²) in [5.41, 5.74) is 5.04. The summed E-state index contributed by atoms with van der Waals surface area (Å²) < 4.78 is 2.22. The molecule has 0 atom stereocenters.